The number of pyridine rings is 1. The molecule has 130 valence electrons. The Bertz CT molecular complexity index is 756. The lowest BCUT2D eigenvalue weighted by Gasteiger charge is -2.20. The van der Waals surface area contributed by atoms with Crippen molar-refractivity contribution in [2.45, 2.75) is 19.9 Å². The van der Waals surface area contributed by atoms with E-state index in [2.05, 4.69) is 28.9 Å². The van der Waals surface area contributed by atoms with Crippen molar-refractivity contribution in [1.29, 1.82) is 0 Å². The van der Waals surface area contributed by atoms with Crippen LogP contribution in [0.2, 0.25) is 0 Å². The molecule has 2 heterocycles. The van der Waals surface area contributed by atoms with Crippen LogP contribution in [-0.2, 0) is 6.54 Å². The second-order valence-corrected chi connectivity index (χ2v) is 6.92. The fraction of sp³-hybridized carbons (Fsp3) is 0.526. The second-order valence-electron chi connectivity index (χ2n) is 6.92. The second kappa shape index (κ2) is 7.36. The highest BCUT2D eigenvalue weighted by Gasteiger charge is 2.21. The number of fused-ring (bicyclic) bond motifs is 1. The summed E-state index contributed by atoms with van der Waals surface area (Å²) in [5.41, 5.74) is 1.67. The molecule has 24 heavy (non-hydrogen) atoms. The Balaban J connectivity index is 1.75. The number of rotatable bonds is 6. The van der Waals surface area contributed by atoms with Gasteiger partial charge in [-0.15, -0.1) is 0 Å². The van der Waals surface area contributed by atoms with E-state index in [1.807, 2.05) is 31.2 Å². The molecule has 1 atom stereocenters. The molecule has 5 heteroatoms. The monoisotopic (exact) mass is 329 g/mol. The summed E-state index contributed by atoms with van der Waals surface area (Å²) in [6.07, 6.45) is 1.24. The summed E-state index contributed by atoms with van der Waals surface area (Å²) in [7, 11) is 4.27. The van der Waals surface area contributed by atoms with Gasteiger partial charge in [-0.05, 0) is 64.2 Å². The standard InChI is InChI=1S/C19H27N3O2/c1-4-24-17-5-6-18-15(10-17)9-16(19(23)20-18)13-22(3)12-14-7-8-21(2)11-14/h5-6,9-10,14H,4,7-8,11-13H2,1-3H3,(H,20,23). The van der Waals surface area contributed by atoms with Gasteiger partial charge >= 0.3 is 0 Å². The van der Waals surface area contributed by atoms with Crippen molar-refractivity contribution < 1.29 is 4.74 Å². The van der Waals surface area contributed by atoms with E-state index in [1.165, 1.54) is 13.0 Å². The highest BCUT2D eigenvalue weighted by atomic mass is 16.5. The number of benzene rings is 1. The molecule has 3 rings (SSSR count). The molecule has 5 nitrogen and oxygen atoms in total. The van der Waals surface area contributed by atoms with E-state index in [0.717, 1.165) is 35.3 Å². The molecule has 0 spiro atoms. The zero-order valence-corrected chi connectivity index (χ0v) is 14.8. The van der Waals surface area contributed by atoms with Crippen LogP contribution >= 0.6 is 0 Å². The van der Waals surface area contributed by atoms with Gasteiger partial charge in [0.25, 0.3) is 5.56 Å². The van der Waals surface area contributed by atoms with Gasteiger partial charge in [0.2, 0.25) is 0 Å². The van der Waals surface area contributed by atoms with Crippen molar-refractivity contribution in [3.63, 3.8) is 0 Å². The van der Waals surface area contributed by atoms with Crippen LogP contribution in [0.4, 0.5) is 0 Å². The molecule has 1 fully saturated rings. The zero-order valence-electron chi connectivity index (χ0n) is 14.8. The maximum atomic E-state index is 12.3. The van der Waals surface area contributed by atoms with Crippen LogP contribution < -0.4 is 10.3 Å². The summed E-state index contributed by atoms with van der Waals surface area (Å²) in [5, 5.41) is 1.02. The number of aromatic nitrogens is 1. The average Bonchev–Trinajstić information content (AvgIpc) is 2.93. The summed E-state index contributed by atoms with van der Waals surface area (Å²) in [6, 6.07) is 7.78. The Morgan fingerprint density at radius 3 is 2.92 bits per heavy atom. The zero-order chi connectivity index (χ0) is 17.1. The summed E-state index contributed by atoms with van der Waals surface area (Å²) >= 11 is 0. The maximum absolute atomic E-state index is 12.3. The van der Waals surface area contributed by atoms with Crippen molar-refractivity contribution >= 4 is 10.9 Å². The van der Waals surface area contributed by atoms with Crippen LogP contribution in [0.15, 0.2) is 29.1 Å². The van der Waals surface area contributed by atoms with Gasteiger partial charge in [-0.25, -0.2) is 0 Å². The number of hydrogen-bond acceptors (Lipinski definition) is 4. The van der Waals surface area contributed by atoms with Crippen molar-refractivity contribution in [1.82, 2.24) is 14.8 Å². The lowest BCUT2D eigenvalue weighted by molar-refractivity contribution is 0.266. The Morgan fingerprint density at radius 1 is 1.38 bits per heavy atom. The largest absolute Gasteiger partial charge is 0.494 e. The Morgan fingerprint density at radius 2 is 2.21 bits per heavy atom. The molecular weight excluding hydrogens is 302 g/mol. The van der Waals surface area contributed by atoms with Crippen molar-refractivity contribution in [2.75, 3.05) is 40.3 Å². The topological polar surface area (TPSA) is 48.6 Å². The van der Waals surface area contributed by atoms with Crippen molar-refractivity contribution in [3.8, 4) is 5.75 Å². The summed E-state index contributed by atoms with van der Waals surface area (Å²) < 4.78 is 5.56. The molecule has 0 bridgehead atoms. The summed E-state index contributed by atoms with van der Waals surface area (Å²) in [5.74, 6) is 1.54. The van der Waals surface area contributed by atoms with E-state index in [9.17, 15) is 4.79 Å². The van der Waals surface area contributed by atoms with Gasteiger partial charge in [-0.2, -0.15) is 0 Å². The molecule has 0 aliphatic carbocycles. The molecule has 0 amide bonds. The molecule has 1 unspecified atom stereocenters. The minimum atomic E-state index is 0.00190. The van der Waals surface area contributed by atoms with Crippen molar-refractivity contribution in [2.24, 2.45) is 5.92 Å². The molecule has 1 aliphatic rings. The van der Waals surface area contributed by atoms with Gasteiger partial charge < -0.3 is 19.5 Å². The maximum Gasteiger partial charge on any atom is 0.252 e. The highest BCUT2D eigenvalue weighted by molar-refractivity contribution is 5.80. The first-order chi connectivity index (χ1) is 11.5. The first-order valence-corrected chi connectivity index (χ1v) is 8.71. The number of nitrogens with one attached hydrogen (secondary N) is 1. The molecular formula is C19H27N3O2. The Kier molecular flexibility index (Phi) is 5.21. The normalized spacial score (nSPS) is 18.6. The number of nitrogens with zero attached hydrogens (tertiary/aromatic N) is 2. The minimum absolute atomic E-state index is 0.00190. The Labute approximate surface area is 143 Å². The molecule has 1 saturated heterocycles. The van der Waals surface area contributed by atoms with Crippen molar-refractivity contribution in [3.05, 3.63) is 40.2 Å². The van der Waals surface area contributed by atoms with E-state index in [4.69, 9.17) is 4.74 Å². The molecule has 1 aromatic carbocycles. The van der Waals surface area contributed by atoms with E-state index in [1.54, 1.807) is 0 Å². The van der Waals surface area contributed by atoms with Gasteiger partial charge in [0.15, 0.2) is 0 Å². The molecule has 1 N–H and O–H groups in total. The fourth-order valence-electron chi connectivity index (χ4n) is 3.58. The van der Waals surface area contributed by atoms with Gasteiger partial charge in [-0.1, -0.05) is 0 Å². The first kappa shape index (κ1) is 17.0. The van der Waals surface area contributed by atoms with Gasteiger partial charge in [0.1, 0.15) is 5.75 Å². The van der Waals surface area contributed by atoms with Crippen LogP contribution in [0.3, 0.4) is 0 Å². The molecule has 0 radical (unpaired) electrons. The summed E-state index contributed by atoms with van der Waals surface area (Å²) in [4.78, 5) is 20.0. The van der Waals surface area contributed by atoms with Crippen LogP contribution in [0.25, 0.3) is 10.9 Å². The average molecular weight is 329 g/mol. The number of aromatic amines is 1. The number of hydrogen-bond donors (Lipinski definition) is 1. The lowest BCUT2D eigenvalue weighted by atomic mass is 10.1. The lowest BCUT2D eigenvalue weighted by Crippen LogP contribution is -2.29. The quantitative estimate of drug-likeness (QED) is 0.883. The third-order valence-electron chi connectivity index (χ3n) is 4.70. The SMILES string of the molecule is CCOc1ccc2[nH]c(=O)c(CN(C)CC3CCN(C)C3)cc2c1. The number of ether oxygens (including phenoxy) is 1. The highest BCUT2D eigenvalue weighted by Crippen LogP contribution is 2.20. The predicted octanol–water partition coefficient (Wildman–Crippen LogP) is 2.31. The number of H-pyrrole nitrogens is 1. The van der Waals surface area contributed by atoms with E-state index >= 15 is 0 Å². The third-order valence-corrected chi connectivity index (χ3v) is 4.70. The van der Waals surface area contributed by atoms with Crippen LogP contribution in [-0.4, -0.2) is 55.1 Å². The fourth-order valence-corrected chi connectivity index (χ4v) is 3.58. The Hall–Kier alpha value is -1.85. The van der Waals surface area contributed by atoms with Crippen LogP contribution in [0.5, 0.6) is 5.75 Å². The minimum Gasteiger partial charge on any atom is -0.494 e. The van der Waals surface area contributed by atoms with Gasteiger partial charge in [0.05, 0.1) is 6.61 Å². The predicted molar refractivity (Wildman–Crippen MR) is 97.7 cm³/mol. The number of likely N-dealkylation sites (tertiary alicyclic amines) is 1. The van der Waals surface area contributed by atoms with E-state index in [-0.39, 0.29) is 5.56 Å². The first-order valence-electron chi connectivity index (χ1n) is 8.71. The summed E-state index contributed by atoms with van der Waals surface area (Å²) in [6.45, 7) is 6.63. The molecule has 1 aliphatic heterocycles. The molecule has 1 aromatic heterocycles. The smallest absolute Gasteiger partial charge is 0.252 e. The third kappa shape index (κ3) is 3.97. The van der Waals surface area contributed by atoms with Crippen LogP contribution in [0.1, 0.15) is 18.9 Å². The van der Waals surface area contributed by atoms with Gasteiger partial charge in [-0.3, -0.25) is 4.79 Å². The molecule has 2 aromatic rings. The van der Waals surface area contributed by atoms with E-state index in [0.29, 0.717) is 19.1 Å². The molecule has 0 saturated carbocycles. The van der Waals surface area contributed by atoms with Crippen LogP contribution in [0, 0.1) is 5.92 Å². The van der Waals surface area contributed by atoms with Gasteiger partial charge in [0, 0.05) is 36.1 Å². The van der Waals surface area contributed by atoms with E-state index < -0.39 is 0 Å².